The fourth-order valence-electron chi connectivity index (χ4n) is 5.82. The van der Waals surface area contributed by atoms with Crippen molar-refractivity contribution in [3.05, 3.63) is 96.1 Å². The molecule has 2 heteroatoms. The number of para-hydroxylation sites is 1. The topological polar surface area (TPSA) is 16.4 Å². The van der Waals surface area contributed by atoms with Crippen molar-refractivity contribution in [1.82, 2.24) is 0 Å². The monoisotopic (exact) mass is 401 g/mol. The number of hydrogen-bond donors (Lipinski definition) is 0. The van der Waals surface area contributed by atoms with Crippen LogP contribution in [0.2, 0.25) is 0 Å². The molecule has 0 radical (unpaired) electrons. The Morgan fingerprint density at radius 2 is 1.45 bits per heavy atom. The Bertz CT molecular complexity index is 1450. The molecule has 5 aromatic rings. The Morgan fingerprint density at radius 1 is 0.645 bits per heavy atom. The fourth-order valence-corrected chi connectivity index (χ4v) is 5.82. The van der Waals surface area contributed by atoms with Gasteiger partial charge in [0.25, 0.3) is 0 Å². The minimum atomic E-state index is 0.589. The summed E-state index contributed by atoms with van der Waals surface area (Å²) in [5.41, 5.74) is 10.1. The van der Waals surface area contributed by atoms with Crippen LogP contribution in [0, 0.1) is 0 Å². The largest absolute Gasteiger partial charge is 0.456 e. The number of rotatable bonds is 1. The molecule has 150 valence electrons. The van der Waals surface area contributed by atoms with Crippen LogP contribution in [0.25, 0.3) is 33.1 Å². The molecule has 0 fully saturated rings. The molecule has 0 spiro atoms. The first-order valence-electron chi connectivity index (χ1n) is 11.3. The zero-order valence-corrected chi connectivity index (χ0v) is 17.3. The highest BCUT2D eigenvalue weighted by Crippen LogP contribution is 2.48. The molecule has 1 atom stereocenters. The van der Waals surface area contributed by atoms with E-state index in [0.717, 1.165) is 17.6 Å². The lowest BCUT2D eigenvalue weighted by atomic mass is 9.85. The van der Waals surface area contributed by atoms with Gasteiger partial charge >= 0.3 is 0 Å². The smallest absolute Gasteiger partial charge is 0.136 e. The number of hydrogen-bond acceptors (Lipinski definition) is 2. The van der Waals surface area contributed by atoms with Crippen molar-refractivity contribution in [1.29, 1.82) is 0 Å². The predicted molar refractivity (Wildman–Crippen MR) is 128 cm³/mol. The Hall–Kier alpha value is -3.52. The second-order valence-corrected chi connectivity index (χ2v) is 8.81. The highest BCUT2D eigenvalue weighted by Gasteiger charge is 2.33. The molecule has 0 saturated carbocycles. The molecule has 2 nitrogen and oxygen atoms in total. The maximum Gasteiger partial charge on any atom is 0.136 e. The summed E-state index contributed by atoms with van der Waals surface area (Å²) >= 11 is 0. The van der Waals surface area contributed by atoms with Gasteiger partial charge in [-0.3, -0.25) is 0 Å². The average Bonchev–Trinajstić information content (AvgIpc) is 3.23. The van der Waals surface area contributed by atoms with Crippen molar-refractivity contribution >= 4 is 33.3 Å². The lowest BCUT2D eigenvalue weighted by molar-refractivity contribution is 0.519. The molecule has 4 aromatic carbocycles. The summed E-state index contributed by atoms with van der Waals surface area (Å²) in [7, 11) is 0. The van der Waals surface area contributed by atoms with Crippen molar-refractivity contribution in [2.24, 2.45) is 0 Å². The van der Waals surface area contributed by atoms with Crippen LogP contribution in [-0.2, 0) is 12.8 Å². The molecular formula is C29H23NO. The van der Waals surface area contributed by atoms with E-state index in [1.165, 1.54) is 63.7 Å². The van der Waals surface area contributed by atoms with Crippen molar-refractivity contribution < 1.29 is 4.42 Å². The number of benzene rings is 4. The van der Waals surface area contributed by atoms with E-state index >= 15 is 0 Å². The quantitative estimate of drug-likeness (QED) is 0.287. The summed E-state index contributed by atoms with van der Waals surface area (Å²) in [5.74, 6) is 0. The molecule has 7 rings (SSSR count). The highest BCUT2D eigenvalue weighted by molar-refractivity contribution is 6.15. The zero-order valence-electron chi connectivity index (χ0n) is 17.3. The van der Waals surface area contributed by atoms with Crippen LogP contribution in [0.1, 0.15) is 24.0 Å². The van der Waals surface area contributed by atoms with E-state index in [1.54, 1.807) is 0 Å². The molecule has 0 aliphatic carbocycles. The van der Waals surface area contributed by atoms with Crippen molar-refractivity contribution in [2.45, 2.75) is 31.7 Å². The molecule has 2 aliphatic heterocycles. The Balaban J connectivity index is 1.54. The van der Waals surface area contributed by atoms with Crippen LogP contribution < -0.4 is 4.90 Å². The Labute approximate surface area is 181 Å². The number of aryl methyl sites for hydroxylation is 2. The second kappa shape index (κ2) is 6.49. The Morgan fingerprint density at radius 3 is 2.39 bits per heavy atom. The molecule has 1 aromatic heterocycles. The average molecular weight is 402 g/mol. The van der Waals surface area contributed by atoms with E-state index in [0.29, 0.717) is 6.04 Å². The van der Waals surface area contributed by atoms with Gasteiger partial charge in [0, 0.05) is 28.2 Å². The molecule has 0 amide bonds. The van der Waals surface area contributed by atoms with Gasteiger partial charge in [0.15, 0.2) is 0 Å². The number of anilines is 2. The summed E-state index contributed by atoms with van der Waals surface area (Å²) < 4.78 is 6.37. The molecule has 31 heavy (non-hydrogen) atoms. The van der Waals surface area contributed by atoms with E-state index < -0.39 is 0 Å². The third kappa shape index (κ3) is 2.45. The van der Waals surface area contributed by atoms with Crippen molar-refractivity contribution in [2.75, 3.05) is 4.90 Å². The van der Waals surface area contributed by atoms with Gasteiger partial charge in [-0.25, -0.2) is 0 Å². The number of nitrogens with zero attached hydrogens (tertiary/aromatic N) is 1. The minimum absolute atomic E-state index is 0.589. The first kappa shape index (κ1) is 17.2. The number of fused-ring (bicyclic) bond motifs is 9. The van der Waals surface area contributed by atoms with Gasteiger partial charge in [-0.15, -0.1) is 0 Å². The van der Waals surface area contributed by atoms with E-state index in [2.05, 4.69) is 89.8 Å². The SMILES string of the molecule is c1ccc(-c2cccc3oc4ccc5c(c4c23)CCC2CCc3ccccc3N52)cc1. The van der Waals surface area contributed by atoms with Gasteiger partial charge < -0.3 is 9.32 Å². The lowest BCUT2D eigenvalue weighted by Crippen LogP contribution is -2.39. The standard InChI is InChI=1S/C29H23NO/c1-2-7-19(8-3-1)22-10-6-12-26-28(22)29-23-16-15-21-14-13-20-9-4-5-11-24(20)30(21)25(23)17-18-27(29)31-26/h1-12,17-18,21H,13-16H2. The van der Waals surface area contributed by atoms with Crippen LogP contribution in [0.4, 0.5) is 11.4 Å². The third-order valence-electron chi connectivity index (χ3n) is 7.18. The summed E-state index contributed by atoms with van der Waals surface area (Å²) in [6.07, 6.45) is 4.71. The van der Waals surface area contributed by atoms with Gasteiger partial charge in [-0.1, -0.05) is 60.7 Å². The lowest BCUT2D eigenvalue weighted by Gasteiger charge is -2.43. The highest BCUT2D eigenvalue weighted by atomic mass is 16.3. The van der Waals surface area contributed by atoms with Gasteiger partial charge in [-0.2, -0.15) is 0 Å². The van der Waals surface area contributed by atoms with Crippen LogP contribution in [-0.4, -0.2) is 6.04 Å². The van der Waals surface area contributed by atoms with E-state index in [4.69, 9.17) is 4.42 Å². The van der Waals surface area contributed by atoms with Crippen LogP contribution in [0.5, 0.6) is 0 Å². The summed E-state index contributed by atoms with van der Waals surface area (Å²) in [5, 5.41) is 2.55. The van der Waals surface area contributed by atoms with E-state index in [9.17, 15) is 0 Å². The molecule has 3 heterocycles. The van der Waals surface area contributed by atoms with Crippen LogP contribution in [0.3, 0.4) is 0 Å². The van der Waals surface area contributed by atoms with E-state index in [1.807, 2.05) is 0 Å². The van der Waals surface area contributed by atoms with Gasteiger partial charge in [0.1, 0.15) is 11.2 Å². The first-order chi connectivity index (χ1) is 15.4. The summed E-state index contributed by atoms with van der Waals surface area (Å²) in [6.45, 7) is 0. The molecule has 2 aliphatic rings. The summed E-state index contributed by atoms with van der Waals surface area (Å²) in [6, 6.07) is 31.1. The van der Waals surface area contributed by atoms with Crippen LogP contribution >= 0.6 is 0 Å². The third-order valence-corrected chi connectivity index (χ3v) is 7.18. The zero-order chi connectivity index (χ0) is 20.4. The van der Waals surface area contributed by atoms with Crippen molar-refractivity contribution in [3.63, 3.8) is 0 Å². The number of furan rings is 1. The maximum absolute atomic E-state index is 6.37. The second-order valence-electron chi connectivity index (χ2n) is 8.81. The molecular weight excluding hydrogens is 378 g/mol. The van der Waals surface area contributed by atoms with Crippen LogP contribution in [0.15, 0.2) is 89.3 Å². The van der Waals surface area contributed by atoms with Gasteiger partial charge in [-0.05, 0) is 72.2 Å². The van der Waals surface area contributed by atoms with Crippen molar-refractivity contribution in [3.8, 4) is 11.1 Å². The maximum atomic E-state index is 6.37. The fraction of sp³-hybridized carbons (Fsp3) is 0.172. The molecule has 0 saturated heterocycles. The van der Waals surface area contributed by atoms with Gasteiger partial charge in [0.2, 0.25) is 0 Å². The molecule has 0 bridgehead atoms. The molecule has 0 N–H and O–H groups in total. The first-order valence-corrected chi connectivity index (χ1v) is 11.3. The molecule has 1 unspecified atom stereocenters. The normalized spacial score (nSPS) is 17.4. The minimum Gasteiger partial charge on any atom is -0.456 e. The Kier molecular flexibility index (Phi) is 3.60. The summed E-state index contributed by atoms with van der Waals surface area (Å²) in [4.78, 5) is 2.61. The van der Waals surface area contributed by atoms with E-state index in [-0.39, 0.29) is 0 Å². The van der Waals surface area contributed by atoms with Gasteiger partial charge in [0.05, 0.1) is 0 Å². The predicted octanol–water partition coefficient (Wildman–Crippen LogP) is 7.65.